The first-order valence-electron chi connectivity index (χ1n) is 11.8. The number of nitrogens with zero attached hydrogens (tertiary/aromatic N) is 2. The lowest BCUT2D eigenvalue weighted by molar-refractivity contribution is -0.384. The van der Waals surface area contributed by atoms with Gasteiger partial charge in [-0.3, -0.25) is 14.9 Å². The van der Waals surface area contributed by atoms with E-state index in [4.69, 9.17) is 21.3 Å². The van der Waals surface area contributed by atoms with E-state index in [9.17, 15) is 14.9 Å². The van der Waals surface area contributed by atoms with Crippen LogP contribution in [0.3, 0.4) is 0 Å². The summed E-state index contributed by atoms with van der Waals surface area (Å²) in [5, 5.41) is 15.0. The van der Waals surface area contributed by atoms with Crippen molar-refractivity contribution in [1.29, 1.82) is 0 Å². The summed E-state index contributed by atoms with van der Waals surface area (Å²) in [7, 11) is 0. The number of non-ortho nitro benzene ring substituents is 1. The molecule has 186 valence electrons. The summed E-state index contributed by atoms with van der Waals surface area (Å²) < 4.78 is 5.77. The predicted octanol–water partition coefficient (Wildman–Crippen LogP) is 7.62. The highest BCUT2D eigenvalue weighted by molar-refractivity contribution is 7.14. The average molecular weight is 531 g/mol. The average Bonchev–Trinajstić information content (AvgIpc) is 3.32. The molecule has 4 aromatic rings. The molecule has 0 saturated carbocycles. The number of aliphatic imine (C=N–C) groups is 1. The fourth-order valence-electron chi connectivity index (χ4n) is 4.74. The molecule has 0 amide bonds. The molecule has 2 heterocycles. The van der Waals surface area contributed by atoms with Gasteiger partial charge in [-0.05, 0) is 41.3 Å². The van der Waals surface area contributed by atoms with Crippen LogP contribution < -0.4 is 0 Å². The van der Waals surface area contributed by atoms with Crippen molar-refractivity contribution in [2.45, 2.75) is 19.3 Å². The summed E-state index contributed by atoms with van der Waals surface area (Å²) in [4.78, 5) is 29.5. The van der Waals surface area contributed by atoms with Crippen LogP contribution in [0.25, 0.3) is 11.1 Å². The van der Waals surface area contributed by atoms with Gasteiger partial charge in [0.2, 0.25) is 0 Å². The van der Waals surface area contributed by atoms with Gasteiger partial charge in [-0.25, -0.2) is 4.99 Å². The van der Waals surface area contributed by atoms with Crippen LogP contribution in [-0.4, -0.2) is 23.2 Å². The number of fused-ring (bicyclic) bond motifs is 1. The Morgan fingerprint density at radius 2 is 1.84 bits per heavy atom. The van der Waals surface area contributed by atoms with E-state index in [0.29, 0.717) is 22.7 Å². The van der Waals surface area contributed by atoms with E-state index in [0.717, 1.165) is 27.3 Å². The van der Waals surface area contributed by atoms with Crippen LogP contribution in [-0.2, 0) is 16.0 Å². The Morgan fingerprint density at radius 3 is 2.57 bits per heavy atom. The molecule has 3 aromatic carbocycles. The molecule has 1 aliphatic rings. The molecule has 0 spiro atoms. The van der Waals surface area contributed by atoms with Crippen LogP contribution >= 0.6 is 22.9 Å². The highest BCUT2D eigenvalue weighted by atomic mass is 35.5. The van der Waals surface area contributed by atoms with E-state index in [2.05, 4.69) is 0 Å². The van der Waals surface area contributed by atoms with Gasteiger partial charge in [0.1, 0.15) is 10.9 Å². The number of hydrogen-bond donors (Lipinski definition) is 0. The molecule has 0 saturated heterocycles. The van der Waals surface area contributed by atoms with Crippen LogP contribution in [0, 0.1) is 16.0 Å². The van der Waals surface area contributed by atoms with Gasteiger partial charge in [0.15, 0.2) is 0 Å². The number of carbonyl (C=O) groups is 1. The zero-order valence-electron chi connectivity index (χ0n) is 20.0. The summed E-state index contributed by atoms with van der Waals surface area (Å²) in [5.74, 6) is -1.60. The number of thiophene rings is 1. The summed E-state index contributed by atoms with van der Waals surface area (Å²) in [5.41, 5.74) is 5.06. The molecule has 6 nitrogen and oxygen atoms in total. The molecule has 8 heteroatoms. The molecular formula is C29H23ClN2O4S. The van der Waals surface area contributed by atoms with Gasteiger partial charge in [-0.2, -0.15) is 0 Å². The van der Waals surface area contributed by atoms with Crippen LogP contribution in [0.1, 0.15) is 29.5 Å². The topological polar surface area (TPSA) is 81.8 Å². The minimum Gasteiger partial charge on any atom is -0.465 e. The van der Waals surface area contributed by atoms with E-state index in [1.165, 1.54) is 17.4 Å². The van der Waals surface area contributed by atoms with Gasteiger partial charge < -0.3 is 4.74 Å². The summed E-state index contributed by atoms with van der Waals surface area (Å²) in [6, 6.07) is 23.8. The zero-order chi connectivity index (χ0) is 25.9. The third-order valence-electron chi connectivity index (χ3n) is 6.51. The molecular weight excluding hydrogens is 508 g/mol. The number of hydrogen-bond acceptors (Lipinski definition) is 6. The Balaban J connectivity index is 1.56. The van der Waals surface area contributed by atoms with Crippen molar-refractivity contribution in [2.24, 2.45) is 10.9 Å². The van der Waals surface area contributed by atoms with Crippen LogP contribution in [0.4, 0.5) is 10.7 Å². The molecule has 1 aliphatic heterocycles. The highest BCUT2D eigenvalue weighted by Crippen LogP contribution is 2.51. The summed E-state index contributed by atoms with van der Waals surface area (Å²) in [6.45, 7) is 2.05. The first-order chi connectivity index (χ1) is 17.9. The minimum atomic E-state index is -0.717. The van der Waals surface area contributed by atoms with Gasteiger partial charge in [0.25, 0.3) is 5.69 Å². The fourth-order valence-corrected chi connectivity index (χ4v) is 5.92. The van der Waals surface area contributed by atoms with E-state index in [1.54, 1.807) is 12.1 Å². The first kappa shape index (κ1) is 24.9. The number of esters is 1. The maximum atomic E-state index is 13.6. The van der Waals surface area contributed by atoms with Crippen molar-refractivity contribution in [3.05, 3.63) is 116 Å². The monoisotopic (exact) mass is 530 g/mol. The van der Waals surface area contributed by atoms with Crippen molar-refractivity contribution in [3.63, 3.8) is 0 Å². The van der Waals surface area contributed by atoms with Gasteiger partial charge in [0.05, 0.1) is 11.5 Å². The third kappa shape index (κ3) is 5.19. The standard InChI is InChI=1S/C29H23ClN2O4S/c1-18-25(29(33)36-15-14-19-6-3-2-4-7-19)26(21-8-5-9-23(16-21)32(34)35)27-24(17-37-28(27)31-18)20-10-12-22(30)13-11-20/h2-13,16-17,25-26H,14-15H2,1H3. The lowest BCUT2D eigenvalue weighted by Gasteiger charge is -2.30. The highest BCUT2D eigenvalue weighted by Gasteiger charge is 2.41. The molecule has 37 heavy (non-hydrogen) atoms. The van der Waals surface area contributed by atoms with Crippen LogP contribution in [0.2, 0.25) is 5.02 Å². The molecule has 0 radical (unpaired) electrons. The van der Waals surface area contributed by atoms with Crippen molar-refractivity contribution in [1.82, 2.24) is 0 Å². The molecule has 1 aromatic heterocycles. The van der Waals surface area contributed by atoms with Crippen LogP contribution in [0.5, 0.6) is 0 Å². The molecule has 0 N–H and O–H groups in total. The first-order valence-corrected chi connectivity index (χ1v) is 13.1. The number of nitro benzene ring substituents is 1. The number of halogens is 1. The Labute approximate surface area is 223 Å². The van der Waals surface area contributed by atoms with E-state index in [1.807, 2.05) is 73.0 Å². The molecule has 2 atom stereocenters. The zero-order valence-corrected chi connectivity index (χ0v) is 21.5. The normalized spacial score (nSPS) is 16.5. The molecule has 2 unspecified atom stereocenters. The van der Waals surface area contributed by atoms with Crippen molar-refractivity contribution >= 4 is 45.3 Å². The number of nitro groups is 1. The molecule has 0 fully saturated rings. The number of ether oxygens (including phenoxy) is 1. The maximum Gasteiger partial charge on any atom is 0.315 e. The van der Waals surface area contributed by atoms with E-state index < -0.39 is 22.7 Å². The van der Waals surface area contributed by atoms with E-state index in [-0.39, 0.29) is 12.3 Å². The second kappa shape index (κ2) is 10.7. The summed E-state index contributed by atoms with van der Waals surface area (Å²) in [6.07, 6.45) is 0.594. The molecule has 0 bridgehead atoms. The van der Waals surface area contributed by atoms with Crippen molar-refractivity contribution in [3.8, 4) is 11.1 Å². The summed E-state index contributed by atoms with van der Waals surface area (Å²) >= 11 is 7.61. The van der Waals surface area contributed by atoms with Gasteiger partial charge in [-0.15, -0.1) is 11.3 Å². The SMILES string of the molecule is CC1=Nc2scc(-c3ccc(Cl)cc3)c2C(c2cccc([N+](=O)[O-])c2)C1C(=O)OCCc1ccccc1. The maximum absolute atomic E-state index is 13.6. The van der Waals surface area contributed by atoms with Crippen LogP contribution in [0.15, 0.2) is 89.2 Å². The lowest BCUT2D eigenvalue weighted by atomic mass is 9.75. The second-order valence-electron chi connectivity index (χ2n) is 8.84. The molecule has 5 rings (SSSR count). The Hall–Kier alpha value is -3.81. The quantitative estimate of drug-likeness (QED) is 0.140. The van der Waals surface area contributed by atoms with Gasteiger partial charge in [-0.1, -0.05) is 66.2 Å². The van der Waals surface area contributed by atoms with Crippen molar-refractivity contribution < 1.29 is 14.5 Å². The van der Waals surface area contributed by atoms with E-state index >= 15 is 0 Å². The molecule has 0 aliphatic carbocycles. The predicted molar refractivity (Wildman–Crippen MR) is 147 cm³/mol. The smallest absolute Gasteiger partial charge is 0.315 e. The number of carbonyl (C=O) groups excluding carboxylic acids is 1. The third-order valence-corrected chi connectivity index (χ3v) is 7.65. The van der Waals surface area contributed by atoms with Crippen molar-refractivity contribution in [2.75, 3.05) is 6.61 Å². The van der Waals surface area contributed by atoms with Gasteiger partial charge in [0, 0.05) is 46.1 Å². The Morgan fingerprint density at radius 1 is 1.08 bits per heavy atom. The Kier molecular flexibility index (Phi) is 7.17. The number of rotatable bonds is 7. The minimum absolute atomic E-state index is 0.0290. The fraction of sp³-hybridized carbons (Fsp3) is 0.172. The Bertz CT molecular complexity index is 1480. The second-order valence-corrected chi connectivity index (χ2v) is 10.1. The number of benzene rings is 3. The lowest BCUT2D eigenvalue weighted by Crippen LogP contribution is -2.33. The van der Waals surface area contributed by atoms with Gasteiger partial charge >= 0.3 is 5.97 Å². The largest absolute Gasteiger partial charge is 0.465 e.